The summed E-state index contributed by atoms with van der Waals surface area (Å²) in [6, 6.07) is 4.37. The molecule has 138 valence electrons. The number of fused-ring (bicyclic) bond motifs is 1. The molecule has 1 heterocycles. The molecule has 0 aliphatic carbocycles. The smallest absolute Gasteiger partial charge is 0.320 e. The Bertz CT molecular complexity index is 869. The molecule has 0 amide bonds. The van der Waals surface area contributed by atoms with Crippen LogP contribution in [0.5, 0.6) is 5.75 Å². The van der Waals surface area contributed by atoms with Gasteiger partial charge in [-0.2, -0.15) is 0 Å². The minimum Gasteiger partial charge on any atom is -0.506 e. The number of pyridine rings is 1. The number of phenolic OH excluding ortho intramolecular Hbond substituents is 1. The zero-order chi connectivity index (χ0) is 19.3. The molecule has 7 N–H and O–H groups in total. The van der Waals surface area contributed by atoms with Crippen LogP contribution >= 0.6 is 0 Å². The molecule has 2 rings (SSSR count). The summed E-state index contributed by atoms with van der Waals surface area (Å²) in [5, 5.41) is 32.5. The van der Waals surface area contributed by atoms with Crippen molar-refractivity contribution in [3.63, 3.8) is 0 Å². The second kappa shape index (κ2) is 8.07. The predicted molar refractivity (Wildman–Crippen MR) is 95.0 cm³/mol. The second-order valence-electron chi connectivity index (χ2n) is 5.43. The minimum atomic E-state index is -1.07. The number of aromatic hydroxyl groups is 1. The quantitative estimate of drug-likeness (QED) is 0.156. The molecule has 0 aliphatic rings. The van der Waals surface area contributed by atoms with E-state index in [1.165, 1.54) is 24.3 Å². The van der Waals surface area contributed by atoms with Gasteiger partial charge in [0.1, 0.15) is 23.1 Å². The van der Waals surface area contributed by atoms with Gasteiger partial charge in [-0.05, 0) is 31.0 Å². The first-order valence-corrected chi connectivity index (χ1v) is 7.62. The van der Waals surface area contributed by atoms with Crippen LogP contribution in [0.4, 0.5) is 11.5 Å². The average Bonchev–Trinajstić information content (AvgIpc) is 2.58. The summed E-state index contributed by atoms with van der Waals surface area (Å²) in [7, 11) is 0. The van der Waals surface area contributed by atoms with Gasteiger partial charge in [-0.3, -0.25) is 19.9 Å². The Kier molecular flexibility index (Phi) is 5.86. The van der Waals surface area contributed by atoms with Crippen LogP contribution in [-0.2, 0) is 4.79 Å². The molecule has 0 saturated heterocycles. The first kappa shape index (κ1) is 18.9. The summed E-state index contributed by atoms with van der Waals surface area (Å²) in [6.45, 7) is 0.268. The largest absolute Gasteiger partial charge is 0.506 e. The average molecular weight is 362 g/mol. The van der Waals surface area contributed by atoms with Gasteiger partial charge in [0, 0.05) is 12.6 Å². The van der Waals surface area contributed by atoms with Gasteiger partial charge in [0.15, 0.2) is 5.96 Å². The van der Waals surface area contributed by atoms with Crippen molar-refractivity contribution in [2.75, 3.05) is 11.9 Å². The molecule has 26 heavy (non-hydrogen) atoms. The van der Waals surface area contributed by atoms with E-state index in [1.807, 2.05) is 0 Å². The van der Waals surface area contributed by atoms with Crippen molar-refractivity contribution in [3.8, 4) is 5.75 Å². The Balaban J connectivity index is 2.08. The maximum Gasteiger partial charge on any atom is 0.320 e. The van der Waals surface area contributed by atoms with E-state index in [4.69, 9.17) is 16.6 Å². The molecule has 0 unspecified atom stereocenters. The number of nitro benzene ring substituents is 1. The lowest BCUT2D eigenvalue weighted by atomic mass is 10.1. The number of carboxylic acids is 1. The van der Waals surface area contributed by atoms with Crippen molar-refractivity contribution in [2.45, 2.75) is 18.9 Å². The van der Waals surface area contributed by atoms with Crippen molar-refractivity contribution in [1.82, 2.24) is 4.98 Å². The topological polar surface area (TPSA) is 190 Å². The SMILES string of the molecule is NC(=NCCC[C@H](N)C(=O)O)Nc1ccc2c([N+](=O)[O-])ccc(O)c2n1. The van der Waals surface area contributed by atoms with E-state index in [9.17, 15) is 20.0 Å². The van der Waals surface area contributed by atoms with E-state index in [2.05, 4.69) is 15.3 Å². The van der Waals surface area contributed by atoms with Crippen LogP contribution in [0, 0.1) is 10.1 Å². The number of aromatic nitrogens is 1. The molecule has 11 nitrogen and oxygen atoms in total. The number of carboxylic acid groups (broad SMARTS) is 1. The fraction of sp³-hybridized carbons (Fsp3) is 0.267. The Morgan fingerprint density at radius 2 is 2.12 bits per heavy atom. The van der Waals surface area contributed by atoms with E-state index in [0.29, 0.717) is 6.42 Å². The Hall–Kier alpha value is -3.47. The number of carbonyl (C=O) groups is 1. The summed E-state index contributed by atoms with van der Waals surface area (Å²) < 4.78 is 0. The number of nitrogens with zero attached hydrogens (tertiary/aromatic N) is 3. The Morgan fingerprint density at radius 1 is 1.38 bits per heavy atom. The number of benzene rings is 1. The standard InChI is InChI=1S/C15H18N6O5/c16-9(14(23)24)2-1-7-18-15(17)20-12-6-3-8-10(21(25)26)4-5-11(22)13(8)19-12/h3-6,9,22H,1-2,7,16H2,(H,23,24)(H3,17,18,19,20)/t9-/m0/s1. The van der Waals surface area contributed by atoms with E-state index >= 15 is 0 Å². The zero-order valence-electron chi connectivity index (χ0n) is 13.6. The van der Waals surface area contributed by atoms with Crippen LogP contribution in [0.25, 0.3) is 10.9 Å². The Morgan fingerprint density at radius 3 is 2.77 bits per heavy atom. The van der Waals surface area contributed by atoms with E-state index in [-0.39, 0.29) is 47.1 Å². The van der Waals surface area contributed by atoms with E-state index in [0.717, 1.165) is 0 Å². The molecular formula is C15H18N6O5. The molecule has 0 fully saturated rings. The summed E-state index contributed by atoms with van der Waals surface area (Å²) >= 11 is 0. The number of nitro groups is 1. The van der Waals surface area contributed by atoms with Gasteiger partial charge in [0.2, 0.25) is 0 Å². The second-order valence-corrected chi connectivity index (χ2v) is 5.43. The minimum absolute atomic E-state index is 0.0330. The molecule has 0 spiro atoms. The molecule has 0 radical (unpaired) electrons. The fourth-order valence-electron chi connectivity index (χ4n) is 2.22. The lowest BCUT2D eigenvalue weighted by molar-refractivity contribution is -0.383. The van der Waals surface area contributed by atoms with Gasteiger partial charge in [-0.15, -0.1) is 0 Å². The number of nitrogens with two attached hydrogens (primary N) is 2. The maximum atomic E-state index is 11.0. The normalized spacial score (nSPS) is 12.7. The molecule has 1 aromatic heterocycles. The highest BCUT2D eigenvalue weighted by molar-refractivity contribution is 5.96. The van der Waals surface area contributed by atoms with Gasteiger partial charge in [-0.25, -0.2) is 4.98 Å². The van der Waals surface area contributed by atoms with Crippen LogP contribution in [0.15, 0.2) is 29.3 Å². The highest BCUT2D eigenvalue weighted by atomic mass is 16.6. The van der Waals surface area contributed by atoms with Crippen molar-refractivity contribution >= 4 is 34.3 Å². The molecule has 0 aliphatic heterocycles. The van der Waals surface area contributed by atoms with Gasteiger partial charge in [0.05, 0.1) is 10.3 Å². The zero-order valence-corrected chi connectivity index (χ0v) is 13.6. The van der Waals surface area contributed by atoms with Gasteiger partial charge in [0.25, 0.3) is 5.69 Å². The number of hydrogen-bond donors (Lipinski definition) is 5. The number of guanidine groups is 1. The van der Waals surface area contributed by atoms with E-state index in [1.54, 1.807) is 0 Å². The van der Waals surface area contributed by atoms with Crippen LogP contribution in [0.3, 0.4) is 0 Å². The van der Waals surface area contributed by atoms with Crippen molar-refractivity contribution in [3.05, 3.63) is 34.4 Å². The number of anilines is 1. The third-order valence-electron chi connectivity index (χ3n) is 3.54. The predicted octanol–water partition coefficient (Wildman–Crippen LogP) is 0.767. The van der Waals surface area contributed by atoms with Crippen LogP contribution in [0.1, 0.15) is 12.8 Å². The molecule has 1 aromatic carbocycles. The third kappa shape index (κ3) is 4.54. The van der Waals surface area contributed by atoms with Gasteiger partial charge >= 0.3 is 5.97 Å². The third-order valence-corrected chi connectivity index (χ3v) is 3.54. The molecule has 0 saturated carbocycles. The summed E-state index contributed by atoms with van der Waals surface area (Å²) in [6.07, 6.45) is 0.700. The lowest BCUT2D eigenvalue weighted by Crippen LogP contribution is -2.30. The summed E-state index contributed by atoms with van der Waals surface area (Å²) in [4.78, 5) is 29.2. The van der Waals surface area contributed by atoms with Crippen LogP contribution in [0.2, 0.25) is 0 Å². The summed E-state index contributed by atoms with van der Waals surface area (Å²) in [5.74, 6) is -0.996. The highest BCUT2D eigenvalue weighted by Crippen LogP contribution is 2.31. The number of hydrogen-bond acceptors (Lipinski definition) is 7. The molecule has 1 atom stereocenters. The fourth-order valence-corrected chi connectivity index (χ4v) is 2.22. The first-order chi connectivity index (χ1) is 12.3. The van der Waals surface area contributed by atoms with Crippen LogP contribution in [-0.4, -0.2) is 44.6 Å². The highest BCUT2D eigenvalue weighted by Gasteiger charge is 2.16. The molecule has 2 aromatic rings. The molecule has 11 heteroatoms. The Labute approximate surface area is 147 Å². The number of phenols is 1. The number of non-ortho nitro benzene ring substituents is 1. The van der Waals surface area contributed by atoms with Gasteiger partial charge < -0.3 is 27.0 Å². The molecule has 0 bridgehead atoms. The maximum absolute atomic E-state index is 11.0. The van der Waals surface area contributed by atoms with E-state index < -0.39 is 16.9 Å². The van der Waals surface area contributed by atoms with Gasteiger partial charge in [-0.1, -0.05) is 0 Å². The first-order valence-electron chi connectivity index (χ1n) is 7.62. The number of nitrogens with one attached hydrogen (secondary N) is 1. The number of aliphatic imine (C=N–C) groups is 1. The van der Waals surface area contributed by atoms with Crippen molar-refractivity contribution < 1.29 is 19.9 Å². The number of aliphatic carboxylic acids is 1. The van der Waals surface area contributed by atoms with Crippen molar-refractivity contribution in [1.29, 1.82) is 0 Å². The molecular weight excluding hydrogens is 344 g/mol. The monoisotopic (exact) mass is 362 g/mol. The summed E-state index contributed by atoms with van der Waals surface area (Å²) in [5.41, 5.74) is 11.0. The number of rotatable bonds is 7. The van der Waals surface area contributed by atoms with Crippen LogP contribution < -0.4 is 16.8 Å². The van der Waals surface area contributed by atoms with Crippen molar-refractivity contribution in [2.24, 2.45) is 16.5 Å². The lowest BCUT2D eigenvalue weighted by Gasteiger charge is -2.08.